The van der Waals surface area contributed by atoms with Crippen molar-refractivity contribution >= 4 is 17.7 Å². The number of carbonyl (C=O) groups excluding carboxylic acids is 3. The summed E-state index contributed by atoms with van der Waals surface area (Å²) < 4.78 is 6.92. The molecule has 35 heavy (non-hydrogen) atoms. The number of likely N-dealkylation sites (tertiary alicyclic amines) is 1. The van der Waals surface area contributed by atoms with E-state index in [-0.39, 0.29) is 30.2 Å². The highest BCUT2D eigenvalue weighted by atomic mass is 16.5. The second-order valence-electron chi connectivity index (χ2n) is 11.6. The number of carbonyl (C=O) groups is 3. The minimum absolute atomic E-state index is 0.0358. The highest BCUT2D eigenvalue weighted by Gasteiger charge is 2.76. The van der Waals surface area contributed by atoms with Crippen LogP contribution in [0.4, 0.5) is 0 Å². The van der Waals surface area contributed by atoms with Crippen molar-refractivity contribution < 1.29 is 24.2 Å². The molecule has 0 saturated carbocycles. The van der Waals surface area contributed by atoms with E-state index in [1.54, 1.807) is 21.7 Å². The quantitative estimate of drug-likeness (QED) is 0.599. The van der Waals surface area contributed by atoms with Crippen LogP contribution in [0.2, 0.25) is 0 Å². The van der Waals surface area contributed by atoms with Crippen molar-refractivity contribution in [2.24, 2.45) is 17.8 Å². The number of likely N-dealkylation sites (N-methyl/N-ethyl adjacent to an activating group) is 1. The summed E-state index contributed by atoms with van der Waals surface area (Å²) in [5.41, 5.74) is -2.74. The average Bonchev–Trinajstić information content (AvgIpc) is 3.10. The van der Waals surface area contributed by atoms with Crippen molar-refractivity contribution in [1.82, 2.24) is 14.7 Å². The summed E-state index contributed by atoms with van der Waals surface area (Å²) in [5, 5.41) is 10.4. The number of amides is 3. The molecule has 0 aromatic heterocycles. The van der Waals surface area contributed by atoms with Crippen molar-refractivity contribution in [3.63, 3.8) is 0 Å². The molecule has 4 aliphatic heterocycles. The number of nitrogens with zero attached hydrogens (tertiary/aromatic N) is 3. The molecule has 2 fully saturated rings. The molecule has 1 unspecified atom stereocenters. The number of ether oxygens (including phenoxy) is 1. The highest BCUT2D eigenvalue weighted by molar-refractivity contribution is 6.00. The van der Waals surface area contributed by atoms with Crippen LogP contribution < -0.4 is 0 Å². The van der Waals surface area contributed by atoms with E-state index in [1.165, 1.54) is 0 Å². The van der Waals surface area contributed by atoms with Gasteiger partial charge in [-0.2, -0.15) is 0 Å². The van der Waals surface area contributed by atoms with Crippen LogP contribution in [-0.4, -0.2) is 93.1 Å². The molecule has 3 amide bonds. The molecule has 2 saturated heterocycles. The van der Waals surface area contributed by atoms with Crippen molar-refractivity contribution in [1.29, 1.82) is 0 Å². The Morgan fingerprint density at radius 2 is 1.71 bits per heavy atom. The number of hydrogen-bond acceptors (Lipinski definition) is 5. The van der Waals surface area contributed by atoms with Gasteiger partial charge in [0, 0.05) is 25.7 Å². The lowest BCUT2D eigenvalue weighted by molar-refractivity contribution is -0.160. The predicted molar refractivity (Wildman–Crippen MR) is 132 cm³/mol. The van der Waals surface area contributed by atoms with Crippen LogP contribution in [0.25, 0.3) is 0 Å². The molecule has 8 heteroatoms. The van der Waals surface area contributed by atoms with Gasteiger partial charge in [0.15, 0.2) is 0 Å². The van der Waals surface area contributed by atoms with Crippen LogP contribution in [0.3, 0.4) is 0 Å². The summed E-state index contributed by atoms with van der Waals surface area (Å²) in [6.45, 7) is 12.4. The molecule has 0 aromatic rings. The molecule has 4 heterocycles. The van der Waals surface area contributed by atoms with Crippen LogP contribution in [-0.2, 0) is 19.1 Å². The zero-order chi connectivity index (χ0) is 25.9. The first-order chi connectivity index (χ1) is 16.4. The summed E-state index contributed by atoms with van der Waals surface area (Å²) in [7, 11) is 1.74. The van der Waals surface area contributed by atoms with E-state index in [2.05, 4.69) is 0 Å². The maximum atomic E-state index is 14.4. The van der Waals surface area contributed by atoms with E-state index >= 15 is 0 Å². The normalized spacial score (nSPS) is 36.6. The van der Waals surface area contributed by atoms with Gasteiger partial charge in [0.1, 0.15) is 11.6 Å². The predicted octanol–water partition coefficient (Wildman–Crippen LogP) is 1.98. The summed E-state index contributed by atoms with van der Waals surface area (Å²) in [6, 6.07) is -1.50. The van der Waals surface area contributed by atoms with E-state index in [1.807, 2.05) is 65.8 Å². The summed E-state index contributed by atoms with van der Waals surface area (Å²) >= 11 is 0. The van der Waals surface area contributed by atoms with Crippen LogP contribution in [0.5, 0.6) is 0 Å². The van der Waals surface area contributed by atoms with E-state index in [0.717, 1.165) is 6.42 Å². The second-order valence-corrected chi connectivity index (χ2v) is 11.6. The van der Waals surface area contributed by atoms with Gasteiger partial charge in [-0.05, 0) is 33.1 Å². The van der Waals surface area contributed by atoms with Crippen LogP contribution in [0, 0.1) is 17.8 Å². The van der Waals surface area contributed by atoms with Crippen LogP contribution >= 0.6 is 0 Å². The van der Waals surface area contributed by atoms with Crippen molar-refractivity contribution in [3.8, 4) is 0 Å². The van der Waals surface area contributed by atoms with Crippen molar-refractivity contribution in [2.45, 2.75) is 83.2 Å². The lowest BCUT2D eigenvalue weighted by atomic mass is 9.73. The van der Waals surface area contributed by atoms with Gasteiger partial charge in [-0.25, -0.2) is 0 Å². The first kappa shape index (κ1) is 25.9. The fourth-order valence-electron chi connectivity index (χ4n) is 6.60. The fourth-order valence-corrected chi connectivity index (χ4v) is 6.60. The van der Waals surface area contributed by atoms with Gasteiger partial charge in [0.05, 0.1) is 30.1 Å². The minimum Gasteiger partial charge on any atom is -0.394 e. The third kappa shape index (κ3) is 3.58. The topological polar surface area (TPSA) is 90.4 Å². The molecular formula is C27H41N3O5. The third-order valence-electron chi connectivity index (χ3n) is 8.73. The Morgan fingerprint density at radius 1 is 1.06 bits per heavy atom. The molecule has 0 aliphatic carbocycles. The Labute approximate surface area is 208 Å². The fraction of sp³-hybridized carbons (Fsp3) is 0.741. The largest absolute Gasteiger partial charge is 0.394 e. The number of fused-ring (bicyclic) bond motifs is 2. The lowest BCUT2D eigenvalue weighted by Gasteiger charge is -2.44. The molecule has 1 N–H and O–H groups in total. The molecule has 0 radical (unpaired) electrons. The smallest absolute Gasteiger partial charge is 0.249 e. The number of hydrogen-bond donors (Lipinski definition) is 1. The van der Waals surface area contributed by atoms with Gasteiger partial charge in [0.2, 0.25) is 17.7 Å². The molecule has 1 spiro atoms. The first-order valence-electron chi connectivity index (χ1n) is 12.9. The Morgan fingerprint density at radius 3 is 2.29 bits per heavy atom. The van der Waals surface area contributed by atoms with Crippen LogP contribution in [0.1, 0.15) is 54.4 Å². The highest BCUT2D eigenvalue weighted by Crippen LogP contribution is 2.59. The Kier molecular flexibility index (Phi) is 6.46. The minimum atomic E-state index is -1.28. The molecule has 0 bridgehead atoms. The van der Waals surface area contributed by atoms with Crippen molar-refractivity contribution in [3.05, 3.63) is 24.3 Å². The summed E-state index contributed by atoms with van der Waals surface area (Å²) in [4.78, 5) is 47.5. The van der Waals surface area contributed by atoms with Gasteiger partial charge >= 0.3 is 0 Å². The summed E-state index contributed by atoms with van der Waals surface area (Å²) in [5.74, 6) is -2.25. The number of rotatable bonds is 5. The molecule has 4 aliphatic rings. The monoisotopic (exact) mass is 487 g/mol. The number of aliphatic hydroxyl groups is 1. The molecule has 194 valence electrons. The van der Waals surface area contributed by atoms with Gasteiger partial charge < -0.3 is 24.5 Å². The molecular weight excluding hydrogens is 446 g/mol. The molecule has 4 rings (SSSR count). The SMILES string of the molecule is CC[C@H](C)[C@H](CO)N1C(=O)[C@@H]2[C@H]3C(=O)N(C)CC=C[C@@]3(CC)O[C@@]23C=CCN(C(C)(C)C)C(=O)C13. The van der Waals surface area contributed by atoms with Gasteiger partial charge in [-0.15, -0.1) is 0 Å². The molecule has 7 atom stereocenters. The average molecular weight is 488 g/mol. The first-order valence-corrected chi connectivity index (χ1v) is 12.9. The van der Waals surface area contributed by atoms with Gasteiger partial charge in [-0.3, -0.25) is 14.4 Å². The van der Waals surface area contributed by atoms with E-state index in [0.29, 0.717) is 19.5 Å². The Bertz CT molecular complexity index is 955. The second kappa shape index (κ2) is 8.73. The third-order valence-corrected chi connectivity index (χ3v) is 8.73. The van der Waals surface area contributed by atoms with Gasteiger partial charge in [-0.1, -0.05) is 51.5 Å². The van der Waals surface area contributed by atoms with Crippen molar-refractivity contribution in [2.75, 3.05) is 26.7 Å². The standard InChI is InChI=1S/C27H41N3O5/c1-8-17(3)18(16-31)30-21-24(34)29(25(4,5)6)15-11-13-27(21)20(23(30)33)19-22(32)28(7)14-10-12-26(19,9-2)35-27/h10-13,17-21,31H,8-9,14-16H2,1-7H3/t17-,18-,19-,20-,21?,26+,27-/m0/s1. The Balaban J connectivity index is 1.96. The number of aliphatic hydroxyl groups excluding tert-OH is 1. The van der Waals surface area contributed by atoms with E-state index in [4.69, 9.17) is 4.74 Å². The zero-order valence-electron chi connectivity index (χ0n) is 22.2. The molecule has 0 aromatic carbocycles. The molecule has 8 nitrogen and oxygen atoms in total. The van der Waals surface area contributed by atoms with E-state index < -0.39 is 40.7 Å². The lowest BCUT2D eigenvalue weighted by Crippen LogP contribution is -2.62. The van der Waals surface area contributed by atoms with Gasteiger partial charge in [0.25, 0.3) is 0 Å². The maximum absolute atomic E-state index is 14.4. The maximum Gasteiger partial charge on any atom is 0.249 e. The Hall–Kier alpha value is -2.19. The zero-order valence-corrected chi connectivity index (χ0v) is 22.2. The summed E-state index contributed by atoms with van der Waals surface area (Å²) in [6.07, 6.45) is 8.89. The van der Waals surface area contributed by atoms with Crippen LogP contribution in [0.15, 0.2) is 24.3 Å². The van der Waals surface area contributed by atoms with E-state index in [9.17, 15) is 19.5 Å².